The molecule has 1 amide bonds. The molecule has 9 nitrogen and oxygen atoms in total. The third kappa shape index (κ3) is 4.89. The Labute approximate surface area is 153 Å². The topological polar surface area (TPSA) is 105 Å². The molecule has 0 saturated carbocycles. The van der Waals surface area contributed by atoms with Gasteiger partial charge in [-0.2, -0.15) is 0 Å². The number of piperidine rings is 1. The molecule has 1 aromatic rings. The third-order valence-corrected chi connectivity index (χ3v) is 6.04. The Hall–Kier alpha value is -1.78. The van der Waals surface area contributed by atoms with Crippen molar-refractivity contribution in [1.29, 1.82) is 0 Å². The van der Waals surface area contributed by atoms with Gasteiger partial charge in [0.1, 0.15) is 0 Å². The number of aromatic nitrogens is 2. The van der Waals surface area contributed by atoms with E-state index in [-0.39, 0.29) is 11.8 Å². The summed E-state index contributed by atoms with van der Waals surface area (Å²) < 4.78 is 29.8. The molecule has 0 aliphatic carbocycles. The molecule has 10 heteroatoms. The van der Waals surface area contributed by atoms with Crippen LogP contribution < -0.4 is 10.2 Å². The lowest BCUT2D eigenvalue weighted by atomic mass is 9.97. The Morgan fingerprint density at radius 3 is 2.62 bits per heavy atom. The maximum absolute atomic E-state index is 12.4. The maximum atomic E-state index is 12.4. The number of rotatable bonds is 5. The normalized spacial score (nSPS) is 20.1. The monoisotopic (exact) mass is 383 g/mol. The van der Waals surface area contributed by atoms with Crippen molar-refractivity contribution in [2.75, 3.05) is 50.5 Å². The summed E-state index contributed by atoms with van der Waals surface area (Å²) in [5, 5.41) is 2.91. The van der Waals surface area contributed by atoms with Crippen LogP contribution in [0.15, 0.2) is 12.3 Å². The van der Waals surface area contributed by atoms with Gasteiger partial charge in [-0.3, -0.25) is 4.79 Å². The number of nitrogens with one attached hydrogen (secondary N) is 1. The van der Waals surface area contributed by atoms with E-state index in [1.54, 1.807) is 12.3 Å². The highest BCUT2D eigenvalue weighted by Crippen LogP contribution is 2.19. The zero-order valence-electron chi connectivity index (χ0n) is 14.9. The van der Waals surface area contributed by atoms with Crippen molar-refractivity contribution in [1.82, 2.24) is 19.6 Å². The van der Waals surface area contributed by atoms with Crippen molar-refractivity contribution >= 4 is 21.9 Å². The first-order valence-electron chi connectivity index (χ1n) is 8.81. The summed E-state index contributed by atoms with van der Waals surface area (Å²) in [6, 6.07) is 1.79. The number of nitrogens with zero attached hydrogens (tertiary/aromatic N) is 4. The van der Waals surface area contributed by atoms with E-state index in [1.165, 1.54) is 10.6 Å². The SMILES string of the molecule is CS(=O)(=O)N1CCC(C(=O)NCc2ccnc(N3CCOCC3)n2)CC1. The Morgan fingerprint density at radius 2 is 1.96 bits per heavy atom. The fourth-order valence-electron chi connectivity index (χ4n) is 3.17. The predicted molar refractivity (Wildman–Crippen MR) is 96.1 cm³/mol. The average molecular weight is 383 g/mol. The van der Waals surface area contributed by atoms with Crippen LogP contribution in [0.1, 0.15) is 18.5 Å². The number of anilines is 1. The standard InChI is InChI=1S/C16H25N5O4S/c1-26(23,24)21-6-3-13(4-7-21)15(22)18-12-14-2-5-17-16(19-14)20-8-10-25-11-9-20/h2,5,13H,3-4,6-12H2,1H3,(H,18,22). The Kier molecular flexibility index (Phi) is 6.05. The molecule has 0 bridgehead atoms. The summed E-state index contributed by atoms with van der Waals surface area (Å²) in [7, 11) is -3.17. The van der Waals surface area contributed by atoms with E-state index in [9.17, 15) is 13.2 Å². The predicted octanol–water partition coefficient (Wildman–Crippen LogP) is -0.399. The number of amides is 1. The van der Waals surface area contributed by atoms with Gasteiger partial charge in [0.25, 0.3) is 0 Å². The van der Waals surface area contributed by atoms with Gasteiger partial charge in [0.05, 0.1) is 31.7 Å². The molecule has 0 aromatic carbocycles. The van der Waals surface area contributed by atoms with E-state index >= 15 is 0 Å². The van der Waals surface area contributed by atoms with Crippen LogP contribution >= 0.6 is 0 Å². The summed E-state index contributed by atoms with van der Waals surface area (Å²) in [5.41, 5.74) is 0.753. The van der Waals surface area contributed by atoms with Crippen molar-refractivity contribution in [3.8, 4) is 0 Å². The molecule has 2 aliphatic heterocycles. The number of hydrogen-bond acceptors (Lipinski definition) is 7. The van der Waals surface area contributed by atoms with E-state index in [2.05, 4.69) is 20.2 Å². The summed E-state index contributed by atoms with van der Waals surface area (Å²) in [5.74, 6) is 0.444. The summed E-state index contributed by atoms with van der Waals surface area (Å²) in [6.07, 6.45) is 3.99. The zero-order valence-corrected chi connectivity index (χ0v) is 15.7. The Balaban J connectivity index is 1.50. The molecule has 3 rings (SSSR count). The summed E-state index contributed by atoms with van der Waals surface area (Å²) in [4.78, 5) is 23.2. The number of carbonyl (C=O) groups excluding carboxylic acids is 1. The van der Waals surface area contributed by atoms with Crippen LogP contribution in [0.2, 0.25) is 0 Å². The first kappa shape index (κ1) is 19.0. The van der Waals surface area contributed by atoms with E-state index in [1.807, 2.05) is 0 Å². The Morgan fingerprint density at radius 1 is 1.27 bits per heavy atom. The van der Waals surface area contributed by atoms with Crippen LogP contribution in [0, 0.1) is 5.92 Å². The van der Waals surface area contributed by atoms with Gasteiger partial charge in [-0.05, 0) is 18.9 Å². The largest absolute Gasteiger partial charge is 0.378 e. The second kappa shape index (κ2) is 8.28. The molecule has 144 valence electrons. The smallest absolute Gasteiger partial charge is 0.225 e. The molecular formula is C16H25N5O4S. The number of morpholine rings is 1. The van der Waals surface area contributed by atoms with E-state index in [4.69, 9.17) is 4.74 Å². The summed E-state index contributed by atoms with van der Waals surface area (Å²) in [6.45, 7) is 3.97. The summed E-state index contributed by atoms with van der Waals surface area (Å²) >= 11 is 0. The van der Waals surface area contributed by atoms with E-state index in [0.29, 0.717) is 51.6 Å². The van der Waals surface area contributed by atoms with Gasteiger partial charge in [-0.25, -0.2) is 22.7 Å². The number of sulfonamides is 1. The molecule has 2 aliphatic rings. The molecule has 0 spiro atoms. The van der Waals surface area contributed by atoms with Gasteiger partial charge < -0.3 is 15.0 Å². The number of hydrogen-bond donors (Lipinski definition) is 1. The van der Waals surface area contributed by atoms with Crippen LogP contribution in [0.3, 0.4) is 0 Å². The van der Waals surface area contributed by atoms with Gasteiger partial charge in [0, 0.05) is 38.3 Å². The second-order valence-electron chi connectivity index (χ2n) is 6.60. The van der Waals surface area contributed by atoms with Crippen LogP contribution in [0.5, 0.6) is 0 Å². The van der Waals surface area contributed by atoms with Crippen LogP contribution in [0.25, 0.3) is 0 Å². The maximum Gasteiger partial charge on any atom is 0.225 e. The molecule has 2 saturated heterocycles. The van der Waals surface area contributed by atoms with E-state index in [0.717, 1.165) is 18.8 Å². The molecule has 3 heterocycles. The highest BCUT2D eigenvalue weighted by Gasteiger charge is 2.28. The van der Waals surface area contributed by atoms with Crippen molar-refractivity contribution in [3.05, 3.63) is 18.0 Å². The minimum absolute atomic E-state index is 0.0512. The fraction of sp³-hybridized carbons (Fsp3) is 0.688. The van der Waals surface area contributed by atoms with Gasteiger partial charge >= 0.3 is 0 Å². The first-order valence-corrected chi connectivity index (χ1v) is 10.7. The van der Waals surface area contributed by atoms with Crippen LogP contribution in [0.4, 0.5) is 5.95 Å². The average Bonchev–Trinajstić information content (AvgIpc) is 2.66. The lowest BCUT2D eigenvalue weighted by molar-refractivity contribution is -0.126. The van der Waals surface area contributed by atoms with Crippen molar-refractivity contribution in [2.45, 2.75) is 19.4 Å². The molecule has 26 heavy (non-hydrogen) atoms. The fourth-order valence-corrected chi connectivity index (χ4v) is 4.04. The molecule has 2 fully saturated rings. The van der Waals surface area contributed by atoms with Crippen molar-refractivity contribution in [2.24, 2.45) is 5.92 Å². The molecule has 1 aromatic heterocycles. The van der Waals surface area contributed by atoms with Gasteiger partial charge in [-0.1, -0.05) is 0 Å². The van der Waals surface area contributed by atoms with Crippen LogP contribution in [-0.4, -0.2) is 74.2 Å². The number of carbonyl (C=O) groups is 1. The van der Waals surface area contributed by atoms with Crippen molar-refractivity contribution < 1.29 is 17.9 Å². The van der Waals surface area contributed by atoms with Crippen molar-refractivity contribution in [3.63, 3.8) is 0 Å². The molecule has 0 atom stereocenters. The minimum atomic E-state index is -3.17. The first-order chi connectivity index (χ1) is 12.4. The molecule has 0 radical (unpaired) electrons. The highest BCUT2D eigenvalue weighted by atomic mass is 32.2. The zero-order chi connectivity index (χ0) is 18.6. The molecular weight excluding hydrogens is 358 g/mol. The van der Waals surface area contributed by atoms with E-state index < -0.39 is 10.0 Å². The second-order valence-corrected chi connectivity index (χ2v) is 8.58. The highest BCUT2D eigenvalue weighted by molar-refractivity contribution is 7.88. The minimum Gasteiger partial charge on any atom is -0.378 e. The molecule has 0 unspecified atom stereocenters. The molecule has 1 N–H and O–H groups in total. The lowest BCUT2D eigenvalue weighted by Crippen LogP contribution is -2.42. The van der Waals surface area contributed by atoms with Gasteiger partial charge in [-0.15, -0.1) is 0 Å². The Bertz CT molecular complexity index is 728. The van der Waals surface area contributed by atoms with Gasteiger partial charge in [0.15, 0.2) is 0 Å². The number of ether oxygens (including phenoxy) is 1. The van der Waals surface area contributed by atoms with Crippen LogP contribution in [-0.2, 0) is 26.1 Å². The third-order valence-electron chi connectivity index (χ3n) is 4.73. The lowest BCUT2D eigenvalue weighted by Gasteiger charge is -2.29. The van der Waals surface area contributed by atoms with Gasteiger partial charge in [0.2, 0.25) is 21.9 Å². The quantitative estimate of drug-likeness (QED) is 0.738.